The fraction of sp³-hybridized carbons (Fsp3) is 0.375. The third-order valence-electron chi connectivity index (χ3n) is 1.82. The first-order valence-electron chi connectivity index (χ1n) is 3.56. The van der Waals surface area contributed by atoms with E-state index in [1.54, 1.807) is 6.92 Å². The molecular formula is C8H7BrF2IN. The quantitative estimate of drug-likeness (QED) is 0.443. The minimum atomic E-state index is -2.44. The van der Waals surface area contributed by atoms with Crippen LogP contribution in [0.3, 0.4) is 0 Å². The molecule has 0 bridgehead atoms. The van der Waals surface area contributed by atoms with Crippen LogP contribution in [0.4, 0.5) is 8.78 Å². The molecule has 1 heterocycles. The Balaban J connectivity index is 3.27. The van der Waals surface area contributed by atoms with Gasteiger partial charge in [0.05, 0.1) is 0 Å². The number of hydrogen-bond acceptors (Lipinski definition) is 1. The Labute approximate surface area is 97.2 Å². The second-order valence-corrected chi connectivity index (χ2v) is 4.12. The monoisotopic (exact) mass is 361 g/mol. The van der Waals surface area contributed by atoms with Crippen molar-refractivity contribution < 1.29 is 8.78 Å². The number of pyridine rings is 1. The Bertz CT molecular complexity index is 317. The molecule has 0 aliphatic carbocycles. The van der Waals surface area contributed by atoms with Crippen LogP contribution in [-0.2, 0) is 5.33 Å². The summed E-state index contributed by atoms with van der Waals surface area (Å²) in [4.78, 5) is 3.91. The maximum atomic E-state index is 12.4. The average molecular weight is 362 g/mol. The summed E-state index contributed by atoms with van der Waals surface area (Å²) in [6.45, 7) is 1.70. The third kappa shape index (κ3) is 2.37. The Morgan fingerprint density at radius 3 is 2.69 bits per heavy atom. The lowest BCUT2D eigenvalue weighted by atomic mass is 10.1. The second kappa shape index (κ2) is 4.63. The summed E-state index contributed by atoms with van der Waals surface area (Å²) in [6.07, 6.45) is -1.20. The van der Waals surface area contributed by atoms with Gasteiger partial charge in [0.1, 0.15) is 3.70 Å². The van der Waals surface area contributed by atoms with Crippen LogP contribution in [0.5, 0.6) is 0 Å². The molecule has 0 spiro atoms. The van der Waals surface area contributed by atoms with E-state index in [0.29, 0.717) is 10.9 Å². The Kier molecular flexibility index (Phi) is 4.03. The molecule has 1 nitrogen and oxygen atoms in total. The highest BCUT2D eigenvalue weighted by atomic mass is 127. The van der Waals surface area contributed by atoms with Crippen molar-refractivity contribution in [3.05, 3.63) is 26.6 Å². The molecule has 0 unspecified atom stereocenters. The van der Waals surface area contributed by atoms with Crippen LogP contribution in [0.1, 0.15) is 23.1 Å². The summed E-state index contributed by atoms with van der Waals surface area (Å²) < 4.78 is 25.6. The molecule has 0 saturated carbocycles. The van der Waals surface area contributed by atoms with Crippen molar-refractivity contribution >= 4 is 38.5 Å². The predicted octanol–water partition coefficient (Wildman–Crippen LogP) is 3.83. The zero-order chi connectivity index (χ0) is 10.0. The highest BCUT2D eigenvalue weighted by molar-refractivity contribution is 14.1. The van der Waals surface area contributed by atoms with Crippen molar-refractivity contribution in [2.75, 3.05) is 0 Å². The average Bonchev–Trinajstić information content (AvgIpc) is 2.04. The number of aromatic nitrogens is 1. The van der Waals surface area contributed by atoms with Crippen LogP contribution in [-0.4, -0.2) is 4.98 Å². The number of hydrogen-bond donors (Lipinski definition) is 0. The molecule has 72 valence electrons. The lowest BCUT2D eigenvalue weighted by Crippen LogP contribution is -1.99. The fourth-order valence-corrected chi connectivity index (χ4v) is 2.95. The van der Waals surface area contributed by atoms with Crippen LogP contribution in [0.2, 0.25) is 0 Å². The first-order chi connectivity index (χ1) is 6.07. The minimum Gasteiger partial charge on any atom is -0.249 e. The summed E-state index contributed by atoms with van der Waals surface area (Å²) in [6, 6.07) is 0. The Morgan fingerprint density at radius 2 is 2.23 bits per heavy atom. The molecule has 0 aromatic carbocycles. The van der Waals surface area contributed by atoms with Gasteiger partial charge in [-0.1, -0.05) is 15.9 Å². The number of rotatable bonds is 2. The van der Waals surface area contributed by atoms with Crippen LogP contribution >= 0.6 is 38.5 Å². The van der Waals surface area contributed by atoms with E-state index in [-0.39, 0.29) is 5.56 Å². The zero-order valence-corrected chi connectivity index (χ0v) is 10.6. The van der Waals surface area contributed by atoms with E-state index in [1.165, 1.54) is 6.20 Å². The third-order valence-corrected chi connectivity index (χ3v) is 3.31. The van der Waals surface area contributed by atoms with Crippen LogP contribution < -0.4 is 0 Å². The van der Waals surface area contributed by atoms with E-state index in [4.69, 9.17) is 0 Å². The Hall–Kier alpha value is 0.220. The molecule has 0 radical (unpaired) electrons. The lowest BCUT2D eigenvalue weighted by molar-refractivity contribution is 0.150. The molecule has 1 aromatic heterocycles. The summed E-state index contributed by atoms with van der Waals surface area (Å²) >= 11 is 5.29. The molecule has 13 heavy (non-hydrogen) atoms. The van der Waals surface area contributed by atoms with Gasteiger partial charge in [0, 0.05) is 17.1 Å². The molecule has 0 aliphatic rings. The van der Waals surface area contributed by atoms with Gasteiger partial charge in [-0.25, -0.2) is 13.8 Å². The smallest absolute Gasteiger partial charge is 0.249 e. The maximum Gasteiger partial charge on any atom is 0.265 e. The summed E-state index contributed by atoms with van der Waals surface area (Å²) in [5.74, 6) is 0. The van der Waals surface area contributed by atoms with Gasteiger partial charge in [0.2, 0.25) is 0 Å². The van der Waals surface area contributed by atoms with E-state index in [0.717, 1.165) is 9.26 Å². The molecular weight excluding hydrogens is 355 g/mol. The van der Waals surface area contributed by atoms with Gasteiger partial charge in [-0.15, -0.1) is 0 Å². The van der Waals surface area contributed by atoms with Gasteiger partial charge in [-0.05, 0) is 40.6 Å². The van der Waals surface area contributed by atoms with E-state index in [9.17, 15) is 8.78 Å². The molecule has 0 amide bonds. The van der Waals surface area contributed by atoms with Crippen LogP contribution in [0.25, 0.3) is 0 Å². The van der Waals surface area contributed by atoms with Crippen molar-refractivity contribution in [2.45, 2.75) is 18.7 Å². The largest absolute Gasteiger partial charge is 0.265 e. The lowest BCUT2D eigenvalue weighted by Gasteiger charge is -2.09. The Morgan fingerprint density at radius 1 is 1.62 bits per heavy atom. The van der Waals surface area contributed by atoms with E-state index in [2.05, 4.69) is 20.9 Å². The van der Waals surface area contributed by atoms with Gasteiger partial charge in [0.15, 0.2) is 0 Å². The number of alkyl halides is 3. The predicted molar refractivity (Wildman–Crippen MR) is 59.3 cm³/mol. The fourth-order valence-electron chi connectivity index (χ4n) is 1.01. The van der Waals surface area contributed by atoms with E-state index >= 15 is 0 Å². The second-order valence-electron chi connectivity index (χ2n) is 2.54. The molecule has 0 saturated heterocycles. The van der Waals surface area contributed by atoms with Crippen LogP contribution in [0.15, 0.2) is 6.20 Å². The number of halogens is 4. The van der Waals surface area contributed by atoms with Gasteiger partial charge < -0.3 is 0 Å². The maximum absolute atomic E-state index is 12.4. The van der Waals surface area contributed by atoms with Gasteiger partial charge in [-0.2, -0.15) is 0 Å². The summed E-state index contributed by atoms with van der Waals surface area (Å²) in [7, 11) is 0. The SMILES string of the molecule is Cc1c(C(F)F)cnc(I)c1CBr. The normalized spacial score (nSPS) is 10.9. The molecule has 1 rings (SSSR count). The molecule has 0 atom stereocenters. The zero-order valence-electron chi connectivity index (χ0n) is 6.82. The van der Waals surface area contributed by atoms with Crippen molar-refractivity contribution in [1.82, 2.24) is 4.98 Å². The van der Waals surface area contributed by atoms with E-state index in [1.807, 2.05) is 22.6 Å². The van der Waals surface area contributed by atoms with Crippen molar-refractivity contribution in [2.24, 2.45) is 0 Å². The molecule has 5 heteroatoms. The first kappa shape index (κ1) is 11.3. The highest BCUT2D eigenvalue weighted by Crippen LogP contribution is 2.27. The van der Waals surface area contributed by atoms with Crippen LogP contribution in [0, 0.1) is 10.6 Å². The van der Waals surface area contributed by atoms with Crippen molar-refractivity contribution in [3.8, 4) is 0 Å². The minimum absolute atomic E-state index is 0.0230. The van der Waals surface area contributed by atoms with E-state index < -0.39 is 6.43 Å². The van der Waals surface area contributed by atoms with Gasteiger partial charge >= 0.3 is 0 Å². The van der Waals surface area contributed by atoms with Gasteiger partial charge in [0.25, 0.3) is 6.43 Å². The summed E-state index contributed by atoms with van der Waals surface area (Å²) in [5, 5.41) is 0.560. The topological polar surface area (TPSA) is 12.9 Å². The molecule has 0 aliphatic heterocycles. The van der Waals surface area contributed by atoms with Gasteiger partial charge in [-0.3, -0.25) is 0 Å². The molecule has 0 fully saturated rings. The van der Waals surface area contributed by atoms with Crippen molar-refractivity contribution in [3.63, 3.8) is 0 Å². The standard InChI is InChI=1S/C8H7BrF2IN/c1-4-5(2-9)8(12)13-3-6(4)7(10)11/h3,7H,2H2,1H3. The summed E-state index contributed by atoms with van der Waals surface area (Å²) in [5.41, 5.74) is 1.50. The highest BCUT2D eigenvalue weighted by Gasteiger charge is 2.15. The van der Waals surface area contributed by atoms with Crippen molar-refractivity contribution in [1.29, 1.82) is 0 Å². The number of nitrogens with zero attached hydrogens (tertiary/aromatic N) is 1. The molecule has 1 aromatic rings. The molecule has 0 N–H and O–H groups in total. The first-order valence-corrected chi connectivity index (χ1v) is 5.76.